The van der Waals surface area contributed by atoms with Crippen LogP contribution in [0.5, 0.6) is 5.75 Å². The second-order valence-corrected chi connectivity index (χ2v) is 4.14. The molecule has 0 aliphatic rings. The lowest BCUT2D eigenvalue weighted by Crippen LogP contribution is -2.31. The van der Waals surface area contributed by atoms with Gasteiger partial charge in [0.15, 0.2) is 0 Å². The molecule has 0 bridgehead atoms. The quantitative estimate of drug-likeness (QED) is 0.598. The number of ether oxygens (including phenoxy) is 1. The fraction of sp³-hybridized carbons (Fsp3) is 0.400. The van der Waals surface area contributed by atoms with E-state index in [0.717, 1.165) is 18.2 Å². The Morgan fingerprint density at radius 3 is 2.35 bits per heavy atom. The number of benzene rings is 1. The van der Waals surface area contributed by atoms with Crippen molar-refractivity contribution in [2.75, 3.05) is 7.11 Å². The van der Waals surface area contributed by atoms with Crippen LogP contribution in [-0.4, -0.2) is 19.5 Å². The van der Waals surface area contributed by atoms with E-state index in [-0.39, 0.29) is 11.3 Å². The third-order valence-corrected chi connectivity index (χ3v) is 3.20. The van der Waals surface area contributed by atoms with E-state index in [9.17, 15) is 22.0 Å². The minimum atomic E-state index is -4.32. The zero-order chi connectivity index (χ0) is 13.2. The van der Waals surface area contributed by atoms with Gasteiger partial charge < -0.3 is 4.74 Å². The van der Waals surface area contributed by atoms with E-state index in [2.05, 4.69) is 15.9 Å². The SMILES string of the molecule is COc1ccc(F)cc1C(Br)C(F)(F)C(F)F. The van der Waals surface area contributed by atoms with Crippen molar-refractivity contribution in [1.29, 1.82) is 0 Å². The summed E-state index contributed by atoms with van der Waals surface area (Å²) in [4.78, 5) is -2.03. The minimum Gasteiger partial charge on any atom is -0.496 e. The van der Waals surface area contributed by atoms with E-state index in [0.29, 0.717) is 0 Å². The van der Waals surface area contributed by atoms with Crippen molar-refractivity contribution in [3.05, 3.63) is 29.6 Å². The molecule has 0 aliphatic carbocycles. The molecule has 17 heavy (non-hydrogen) atoms. The Bertz CT molecular complexity index is 396. The summed E-state index contributed by atoms with van der Waals surface area (Å²) in [5.41, 5.74) is -0.363. The van der Waals surface area contributed by atoms with E-state index < -0.39 is 23.0 Å². The van der Waals surface area contributed by atoms with Gasteiger partial charge in [0.2, 0.25) is 0 Å². The number of halogens is 6. The van der Waals surface area contributed by atoms with Crippen LogP contribution < -0.4 is 4.74 Å². The normalized spacial score (nSPS) is 13.9. The molecule has 0 aromatic heterocycles. The Kier molecular flexibility index (Phi) is 4.35. The first kappa shape index (κ1) is 14.2. The highest BCUT2D eigenvalue weighted by Crippen LogP contribution is 2.45. The zero-order valence-corrected chi connectivity index (χ0v) is 10.1. The number of methoxy groups -OCH3 is 1. The summed E-state index contributed by atoms with van der Waals surface area (Å²) in [5, 5.41) is 0. The molecule has 0 saturated heterocycles. The third kappa shape index (κ3) is 2.88. The number of alkyl halides is 5. The van der Waals surface area contributed by atoms with Gasteiger partial charge in [0.1, 0.15) is 16.4 Å². The zero-order valence-electron chi connectivity index (χ0n) is 8.56. The second-order valence-electron chi connectivity index (χ2n) is 3.22. The summed E-state index contributed by atoms with van der Waals surface area (Å²) in [7, 11) is 1.18. The summed E-state index contributed by atoms with van der Waals surface area (Å²) in [6, 6.07) is 2.82. The van der Waals surface area contributed by atoms with E-state index >= 15 is 0 Å². The Morgan fingerprint density at radius 1 is 1.29 bits per heavy atom. The van der Waals surface area contributed by atoms with E-state index in [1.807, 2.05) is 0 Å². The largest absolute Gasteiger partial charge is 0.496 e. The van der Waals surface area contributed by atoms with Crippen molar-refractivity contribution in [3.63, 3.8) is 0 Å². The topological polar surface area (TPSA) is 9.23 Å². The summed E-state index contributed by atoms with van der Waals surface area (Å²) in [5.74, 6) is -5.22. The molecule has 0 amide bonds. The standard InChI is InChI=1S/C10H8BrF5O/c1-17-7-3-2-5(12)4-6(7)8(11)10(15,16)9(13)14/h2-4,8-9H,1H3. The molecular weight excluding hydrogens is 311 g/mol. The van der Waals surface area contributed by atoms with Gasteiger partial charge in [0, 0.05) is 5.56 Å². The van der Waals surface area contributed by atoms with Crippen LogP contribution >= 0.6 is 15.9 Å². The number of hydrogen-bond donors (Lipinski definition) is 0. The first-order chi connectivity index (χ1) is 7.80. The molecule has 1 nitrogen and oxygen atoms in total. The molecule has 1 unspecified atom stereocenters. The molecule has 1 aromatic rings. The van der Waals surface area contributed by atoms with Crippen LogP contribution in [-0.2, 0) is 0 Å². The second kappa shape index (κ2) is 5.20. The van der Waals surface area contributed by atoms with Crippen molar-refractivity contribution in [3.8, 4) is 5.75 Å². The first-order valence-corrected chi connectivity index (χ1v) is 5.35. The Balaban J connectivity index is 3.19. The van der Waals surface area contributed by atoms with Gasteiger partial charge in [-0.15, -0.1) is 0 Å². The van der Waals surface area contributed by atoms with Gasteiger partial charge in [-0.05, 0) is 18.2 Å². The lowest BCUT2D eigenvalue weighted by molar-refractivity contribution is -0.128. The fourth-order valence-corrected chi connectivity index (χ4v) is 1.78. The Hall–Kier alpha value is -0.850. The predicted octanol–water partition coefficient (Wildman–Crippen LogP) is 4.17. The van der Waals surface area contributed by atoms with E-state index in [1.54, 1.807) is 0 Å². The molecule has 0 radical (unpaired) electrons. The maximum absolute atomic E-state index is 13.1. The van der Waals surface area contributed by atoms with Gasteiger partial charge in [0.05, 0.1) is 7.11 Å². The summed E-state index contributed by atoms with van der Waals surface area (Å²) in [6.07, 6.45) is -3.86. The molecule has 1 rings (SSSR count). The van der Waals surface area contributed by atoms with Gasteiger partial charge in [0.25, 0.3) is 0 Å². The van der Waals surface area contributed by atoms with Crippen LogP contribution in [0.2, 0.25) is 0 Å². The molecule has 0 heterocycles. The molecule has 0 aliphatic heterocycles. The highest BCUT2D eigenvalue weighted by Gasteiger charge is 2.49. The van der Waals surface area contributed by atoms with Crippen molar-refractivity contribution >= 4 is 15.9 Å². The third-order valence-electron chi connectivity index (χ3n) is 2.09. The van der Waals surface area contributed by atoms with Crippen molar-refractivity contribution < 1.29 is 26.7 Å². The van der Waals surface area contributed by atoms with E-state index in [1.165, 1.54) is 7.11 Å². The van der Waals surface area contributed by atoms with Crippen LogP contribution in [0.1, 0.15) is 10.4 Å². The smallest absolute Gasteiger partial charge is 0.323 e. The molecule has 7 heteroatoms. The lowest BCUT2D eigenvalue weighted by atomic mass is 10.1. The van der Waals surface area contributed by atoms with Gasteiger partial charge in [-0.1, -0.05) is 15.9 Å². The summed E-state index contributed by atoms with van der Waals surface area (Å²) in [6.45, 7) is 0. The summed E-state index contributed by atoms with van der Waals surface area (Å²) < 4.78 is 68.2. The van der Waals surface area contributed by atoms with Crippen LogP contribution in [0.25, 0.3) is 0 Å². The molecule has 0 saturated carbocycles. The predicted molar refractivity (Wildman–Crippen MR) is 55.6 cm³/mol. The maximum Gasteiger partial charge on any atom is 0.323 e. The Labute approximate surface area is 103 Å². The van der Waals surface area contributed by atoms with Gasteiger partial charge in [-0.25, -0.2) is 13.2 Å². The average Bonchev–Trinajstić information content (AvgIpc) is 2.27. The van der Waals surface area contributed by atoms with Crippen LogP contribution in [0, 0.1) is 5.82 Å². The average molecular weight is 319 g/mol. The number of rotatable bonds is 4. The first-order valence-electron chi connectivity index (χ1n) is 4.44. The molecule has 1 atom stereocenters. The highest BCUT2D eigenvalue weighted by molar-refractivity contribution is 9.09. The van der Waals surface area contributed by atoms with Crippen LogP contribution in [0.3, 0.4) is 0 Å². The molecule has 0 N–H and O–H groups in total. The molecule has 0 spiro atoms. The Morgan fingerprint density at radius 2 is 1.88 bits per heavy atom. The molecular formula is C10H8BrF5O. The monoisotopic (exact) mass is 318 g/mol. The van der Waals surface area contributed by atoms with Crippen LogP contribution in [0.15, 0.2) is 18.2 Å². The van der Waals surface area contributed by atoms with E-state index in [4.69, 9.17) is 4.74 Å². The highest BCUT2D eigenvalue weighted by atomic mass is 79.9. The molecule has 96 valence electrons. The minimum absolute atomic E-state index is 0.0893. The molecule has 1 aromatic carbocycles. The maximum atomic E-state index is 13.1. The van der Waals surface area contributed by atoms with Crippen molar-refractivity contribution in [1.82, 2.24) is 0 Å². The van der Waals surface area contributed by atoms with Gasteiger partial charge in [-0.3, -0.25) is 0 Å². The lowest BCUT2D eigenvalue weighted by Gasteiger charge is -2.23. The molecule has 0 fully saturated rings. The van der Waals surface area contributed by atoms with Crippen LogP contribution in [0.4, 0.5) is 22.0 Å². The van der Waals surface area contributed by atoms with Gasteiger partial charge >= 0.3 is 12.3 Å². The van der Waals surface area contributed by atoms with Gasteiger partial charge in [-0.2, -0.15) is 8.78 Å². The van der Waals surface area contributed by atoms with Crippen molar-refractivity contribution in [2.45, 2.75) is 17.2 Å². The van der Waals surface area contributed by atoms with Crippen molar-refractivity contribution in [2.24, 2.45) is 0 Å². The fourth-order valence-electron chi connectivity index (χ4n) is 1.22. The summed E-state index contributed by atoms with van der Waals surface area (Å²) >= 11 is 2.46. The number of hydrogen-bond acceptors (Lipinski definition) is 1.